The zero-order valence-electron chi connectivity index (χ0n) is 9.68. The lowest BCUT2D eigenvalue weighted by Crippen LogP contribution is -2.52. The van der Waals surface area contributed by atoms with Crippen LogP contribution in [0.25, 0.3) is 0 Å². The zero-order valence-corrected chi connectivity index (χ0v) is 9.68. The first kappa shape index (κ1) is 11.5. The van der Waals surface area contributed by atoms with Gasteiger partial charge in [0.25, 0.3) is 0 Å². The molecular formula is C11H22N2O. The van der Waals surface area contributed by atoms with Crippen LogP contribution < -0.4 is 10.6 Å². The molecule has 2 N–H and O–H groups in total. The highest BCUT2D eigenvalue weighted by Gasteiger charge is 2.34. The van der Waals surface area contributed by atoms with Gasteiger partial charge < -0.3 is 10.6 Å². The summed E-state index contributed by atoms with van der Waals surface area (Å²) in [7, 11) is 0. The minimum atomic E-state index is -0.438. The van der Waals surface area contributed by atoms with Crippen LogP contribution in [-0.4, -0.2) is 24.5 Å². The van der Waals surface area contributed by atoms with Crippen molar-refractivity contribution >= 4 is 5.91 Å². The zero-order chi connectivity index (χ0) is 10.8. The second kappa shape index (κ2) is 4.30. The van der Waals surface area contributed by atoms with E-state index in [4.69, 9.17) is 0 Å². The Morgan fingerprint density at radius 2 is 2.07 bits per heavy atom. The second-order valence-electron chi connectivity index (χ2n) is 4.84. The van der Waals surface area contributed by atoms with Gasteiger partial charge in [-0.05, 0) is 38.6 Å². The summed E-state index contributed by atoms with van der Waals surface area (Å²) >= 11 is 0. The Morgan fingerprint density at radius 3 is 2.50 bits per heavy atom. The third-order valence-corrected chi connectivity index (χ3v) is 2.99. The highest BCUT2D eigenvalue weighted by Crippen LogP contribution is 2.36. The molecule has 0 aliphatic heterocycles. The lowest BCUT2D eigenvalue weighted by atomic mass is 10.0. The molecule has 1 aliphatic carbocycles. The van der Waals surface area contributed by atoms with Gasteiger partial charge in [0.2, 0.25) is 5.91 Å². The van der Waals surface area contributed by atoms with Gasteiger partial charge in [-0.1, -0.05) is 13.8 Å². The lowest BCUT2D eigenvalue weighted by molar-refractivity contribution is -0.126. The maximum atomic E-state index is 11.7. The molecule has 1 fully saturated rings. The van der Waals surface area contributed by atoms with Crippen molar-refractivity contribution in [2.75, 3.05) is 13.1 Å². The van der Waals surface area contributed by atoms with Gasteiger partial charge in [0.1, 0.15) is 0 Å². The van der Waals surface area contributed by atoms with E-state index in [0.717, 1.165) is 24.9 Å². The average molecular weight is 198 g/mol. The summed E-state index contributed by atoms with van der Waals surface area (Å²) in [6.07, 6.45) is 1.27. The standard InChI is InChI=1S/C11H22N2O/c1-5-13-11(3,4)10(14)12-7-9-6-8(9)2/h8-9,13H,5-7H2,1-4H3,(H,12,14). The molecule has 0 bridgehead atoms. The van der Waals surface area contributed by atoms with Crippen LogP contribution in [-0.2, 0) is 4.79 Å². The minimum absolute atomic E-state index is 0.110. The van der Waals surface area contributed by atoms with Gasteiger partial charge >= 0.3 is 0 Å². The topological polar surface area (TPSA) is 41.1 Å². The first-order chi connectivity index (χ1) is 6.47. The highest BCUT2D eigenvalue weighted by atomic mass is 16.2. The van der Waals surface area contributed by atoms with Crippen molar-refractivity contribution in [2.24, 2.45) is 11.8 Å². The molecule has 82 valence electrons. The molecular weight excluding hydrogens is 176 g/mol. The number of amides is 1. The lowest BCUT2D eigenvalue weighted by Gasteiger charge is -2.24. The third-order valence-electron chi connectivity index (χ3n) is 2.99. The van der Waals surface area contributed by atoms with E-state index in [1.807, 2.05) is 20.8 Å². The van der Waals surface area contributed by atoms with Gasteiger partial charge in [-0.25, -0.2) is 0 Å². The smallest absolute Gasteiger partial charge is 0.239 e. The molecule has 1 aliphatic rings. The van der Waals surface area contributed by atoms with Gasteiger partial charge in [0.05, 0.1) is 5.54 Å². The second-order valence-corrected chi connectivity index (χ2v) is 4.84. The summed E-state index contributed by atoms with van der Waals surface area (Å²) in [6.45, 7) is 9.74. The van der Waals surface area contributed by atoms with Crippen molar-refractivity contribution in [1.29, 1.82) is 0 Å². The number of rotatable bonds is 5. The molecule has 1 rings (SSSR count). The quantitative estimate of drug-likeness (QED) is 0.695. The average Bonchev–Trinajstić information content (AvgIpc) is 2.77. The van der Waals surface area contributed by atoms with Crippen LogP contribution in [0.2, 0.25) is 0 Å². The molecule has 2 atom stereocenters. The van der Waals surface area contributed by atoms with Crippen LogP contribution in [0, 0.1) is 11.8 Å². The monoisotopic (exact) mass is 198 g/mol. The largest absolute Gasteiger partial charge is 0.354 e. The fourth-order valence-corrected chi connectivity index (χ4v) is 1.65. The minimum Gasteiger partial charge on any atom is -0.354 e. The van der Waals surface area contributed by atoms with E-state index in [1.165, 1.54) is 6.42 Å². The Morgan fingerprint density at radius 1 is 1.50 bits per heavy atom. The fraction of sp³-hybridized carbons (Fsp3) is 0.909. The summed E-state index contributed by atoms with van der Waals surface area (Å²) in [5.41, 5.74) is -0.438. The number of carbonyl (C=O) groups is 1. The molecule has 3 heteroatoms. The number of nitrogens with one attached hydrogen (secondary N) is 2. The Balaban J connectivity index is 2.26. The van der Waals surface area contributed by atoms with Gasteiger partial charge in [-0.3, -0.25) is 4.79 Å². The van der Waals surface area contributed by atoms with E-state index in [0.29, 0.717) is 0 Å². The summed E-state index contributed by atoms with van der Waals surface area (Å²) in [5.74, 6) is 1.63. The number of carbonyl (C=O) groups excluding carboxylic acids is 1. The van der Waals surface area contributed by atoms with Crippen LogP contribution in [0.15, 0.2) is 0 Å². The van der Waals surface area contributed by atoms with E-state index in [2.05, 4.69) is 17.6 Å². The summed E-state index contributed by atoms with van der Waals surface area (Å²) in [4.78, 5) is 11.7. The first-order valence-corrected chi connectivity index (χ1v) is 5.50. The van der Waals surface area contributed by atoms with Crippen molar-refractivity contribution in [2.45, 2.75) is 39.7 Å². The van der Waals surface area contributed by atoms with E-state index < -0.39 is 5.54 Å². The molecule has 0 saturated heterocycles. The molecule has 1 saturated carbocycles. The maximum absolute atomic E-state index is 11.7. The first-order valence-electron chi connectivity index (χ1n) is 5.50. The maximum Gasteiger partial charge on any atom is 0.239 e. The van der Waals surface area contributed by atoms with Crippen molar-refractivity contribution in [1.82, 2.24) is 10.6 Å². The predicted octanol–water partition coefficient (Wildman–Crippen LogP) is 1.15. The van der Waals surface area contributed by atoms with Crippen LogP contribution in [0.4, 0.5) is 0 Å². The Labute approximate surface area is 86.6 Å². The molecule has 0 spiro atoms. The normalized spacial score (nSPS) is 26.0. The molecule has 3 nitrogen and oxygen atoms in total. The van der Waals surface area contributed by atoms with Crippen LogP contribution in [0.1, 0.15) is 34.1 Å². The molecule has 1 amide bonds. The van der Waals surface area contributed by atoms with Crippen LogP contribution in [0.5, 0.6) is 0 Å². The van der Waals surface area contributed by atoms with Crippen molar-refractivity contribution in [3.05, 3.63) is 0 Å². The molecule has 0 radical (unpaired) electrons. The summed E-state index contributed by atoms with van der Waals surface area (Å²) in [5, 5.41) is 6.16. The molecule has 14 heavy (non-hydrogen) atoms. The van der Waals surface area contributed by atoms with Crippen molar-refractivity contribution in [3.8, 4) is 0 Å². The predicted molar refractivity (Wildman–Crippen MR) is 58.0 cm³/mol. The molecule has 2 unspecified atom stereocenters. The number of hydrogen-bond acceptors (Lipinski definition) is 2. The van der Waals surface area contributed by atoms with Gasteiger partial charge in [0, 0.05) is 6.54 Å². The van der Waals surface area contributed by atoms with E-state index >= 15 is 0 Å². The number of hydrogen-bond donors (Lipinski definition) is 2. The van der Waals surface area contributed by atoms with Crippen molar-refractivity contribution < 1.29 is 4.79 Å². The van der Waals surface area contributed by atoms with E-state index in [-0.39, 0.29) is 5.91 Å². The highest BCUT2D eigenvalue weighted by molar-refractivity contribution is 5.85. The van der Waals surface area contributed by atoms with Crippen molar-refractivity contribution in [3.63, 3.8) is 0 Å². The molecule has 0 aromatic heterocycles. The Bertz CT molecular complexity index is 213. The summed E-state index contributed by atoms with van der Waals surface area (Å²) < 4.78 is 0. The Hall–Kier alpha value is -0.570. The molecule has 0 heterocycles. The summed E-state index contributed by atoms with van der Waals surface area (Å²) in [6, 6.07) is 0. The SMILES string of the molecule is CCNC(C)(C)C(=O)NCC1CC1C. The van der Waals surface area contributed by atoms with Crippen LogP contribution >= 0.6 is 0 Å². The van der Waals surface area contributed by atoms with Gasteiger partial charge in [0.15, 0.2) is 0 Å². The van der Waals surface area contributed by atoms with E-state index in [1.54, 1.807) is 0 Å². The third kappa shape index (κ3) is 2.98. The van der Waals surface area contributed by atoms with Gasteiger partial charge in [-0.15, -0.1) is 0 Å². The van der Waals surface area contributed by atoms with Gasteiger partial charge in [-0.2, -0.15) is 0 Å². The fourth-order valence-electron chi connectivity index (χ4n) is 1.65. The van der Waals surface area contributed by atoms with Crippen LogP contribution in [0.3, 0.4) is 0 Å². The van der Waals surface area contributed by atoms with E-state index in [9.17, 15) is 4.79 Å². The molecule has 0 aromatic carbocycles. The number of likely N-dealkylation sites (N-methyl/N-ethyl adjacent to an activating group) is 1. The molecule has 0 aromatic rings. The Kier molecular flexibility index (Phi) is 3.53.